The molecule has 1 aliphatic carbocycles. The van der Waals surface area contributed by atoms with Crippen LogP contribution in [0.25, 0.3) is 11.1 Å². The number of ether oxygens (including phenoxy) is 6. The van der Waals surface area contributed by atoms with E-state index in [1.807, 2.05) is 140 Å². The van der Waals surface area contributed by atoms with Gasteiger partial charge in [-0.2, -0.15) is 4.31 Å². The first kappa shape index (κ1) is 50.5. The quantitative estimate of drug-likeness (QED) is 0.0573. The van der Waals surface area contributed by atoms with E-state index in [0.29, 0.717) is 34.1 Å². The van der Waals surface area contributed by atoms with Gasteiger partial charge in [-0.15, -0.1) is 0 Å². The molecule has 1 aliphatic rings. The first-order valence-corrected chi connectivity index (χ1v) is 25.3. The molecular formula is C59H56N4O10S. The Labute approximate surface area is 431 Å². The second kappa shape index (κ2) is 22.2. The highest BCUT2D eigenvalue weighted by Gasteiger charge is 2.43. The van der Waals surface area contributed by atoms with E-state index in [4.69, 9.17) is 33.4 Å². The zero-order chi connectivity index (χ0) is 51.8. The van der Waals surface area contributed by atoms with Crippen molar-refractivity contribution in [1.82, 2.24) is 19.2 Å². The summed E-state index contributed by atoms with van der Waals surface area (Å²) in [5.41, 5.74) is 6.16. The van der Waals surface area contributed by atoms with Crippen molar-refractivity contribution < 1.29 is 46.4 Å². The molecular weight excluding hydrogens is 957 g/mol. The third-order valence-corrected chi connectivity index (χ3v) is 15.2. The van der Waals surface area contributed by atoms with Gasteiger partial charge in [0.2, 0.25) is 0 Å². The highest BCUT2D eigenvalue weighted by atomic mass is 32.2. The molecule has 1 aromatic heterocycles. The largest absolute Gasteiger partial charge is 0.497 e. The summed E-state index contributed by atoms with van der Waals surface area (Å²) in [6, 6.07) is 53.8. The lowest BCUT2D eigenvalue weighted by Gasteiger charge is -2.38. The van der Waals surface area contributed by atoms with Crippen molar-refractivity contribution in [3.8, 4) is 34.1 Å². The number of hydrogen-bond acceptors (Lipinski definition) is 11. The predicted octanol–water partition coefficient (Wildman–Crippen LogP) is 9.77. The Morgan fingerprint density at radius 1 is 0.622 bits per heavy atom. The minimum atomic E-state index is -4.64. The number of aromatic nitrogens is 2. The normalized spacial score (nSPS) is 12.6. The average molecular weight is 1010 g/mol. The fraction of sp³-hybridized carbons (Fsp3) is 0.203. The maximum Gasteiger partial charge on any atom is 0.407 e. The number of hydrogen-bond donors (Lipinski definition) is 1. The maximum absolute atomic E-state index is 15.9. The van der Waals surface area contributed by atoms with Crippen molar-refractivity contribution in [2.45, 2.75) is 42.0 Å². The SMILES string of the molecule is COC(=O)[C@H](Cc1nc(S(=O)(=O)N(Cc2ccc(OC)cc2OC)Cc2ccc(OC)cc2OC)cn1C(c1ccccc1)(c1ccccc1)c1ccccc1)NC(=O)OCC1c2ccccc2-c2ccccc21. The molecule has 0 spiro atoms. The number of amides is 1. The number of nitrogens with one attached hydrogen (secondary N) is 1. The summed E-state index contributed by atoms with van der Waals surface area (Å²) >= 11 is 0. The Morgan fingerprint density at radius 3 is 1.53 bits per heavy atom. The number of esters is 1. The second-order valence-electron chi connectivity index (χ2n) is 17.6. The minimum Gasteiger partial charge on any atom is -0.497 e. The number of carbonyl (C=O) groups is 2. The molecule has 0 radical (unpaired) electrons. The fourth-order valence-electron chi connectivity index (χ4n) is 9.91. The second-order valence-corrected chi connectivity index (χ2v) is 19.4. The molecule has 378 valence electrons. The van der Waals surface area contributed by atoms with Crippen LogP contribution in [0.5, 0.6) is 23.0 Å². The number of benzene rings is 7. The average Bonchev–Trinajstić information content (AvgIpc) is 4.02. The van der Waals surface area contributed by atoms with E-state index in [1.54, 1.807) is 41.0 Å². The minimum absolute atomic E-state index is 0.0162. The third-order valence-electron chi connectivity index (χ3n) is 13.5. The van der Waals surface area contributed by atoms with Crippen LogP contribution in [0.4, 0.5) is 4.79 Å². The zero-order valence-electron chi connectivity index (χ0n) is 41.6. The zero-order valence-corrected chi connectivity index (χ0v) is 42.5. The van der Waals surface area contributed by atoms with Crippen molar-refractivity contribution in [3.63, 3.8) is 0 Å². The molecule has 1 heterocycles. The van der Waals surface area contributed by atoms with Crippen LogP contribution in [-0.4, -0.2) is 82.5 Å². The van der Waals surface area contributed by atoms with Gasteiger partial charge in [-0.05, 0) is 51.1 Å². The summed E-state index contributed by atoms with van der Waals surface area (Å²) in [6.07, 6.45) is 0.295. The van der Waals surface area contributed by atoms with Crippen LogP contribution in [0.15, 0.2) is 187 Å². The summed E-state index contributed by atoms with van der Waals surface area (Å²) in [4.78, 5) is 33.1. The van der Waals surface area contributed by atoms with Gasteiger partial charge in [-0.1, -0.05) is 152 Å². The molecule has 0 saturated carbocycles. The van der Waals surface area contributed by atoms with Crippen LogP contribution in [0.3, 0.4) is 0 Å². The Kier molecular flexibility index (Phi) is 15.1. The topological polar surface area (TPSA) is 157 Å². The first-order chi connectivity index (χ1) is 36.0. The van der Waals surface area contributed by atoms with Gasteiger partial charge >= 0.3 is 12.1 Å². The molecule has 9 rings (SSSR count). The van der Waals surface area contributed by atoms with Crippen molar-refractivity contribution in [2.24, 2.45) is 0 Å². The summed E-state index contributed by atoms with van der Waals surface area (Å²) in [7, 11) is 2.66. The van der Waals surface area contributed by atoms with Crippen LogP contribution in [0.2, 0.25) is 0 Å². The smallest absolute Gasteiger partial charge is 0.407 e. The van der Waals surface area contributed by atoms with Crippen molar-refractivity contribution in [2.75, 3.05) is 42.2 Å². The van der Waals surface area contributed by atoms with Crippen LogP contribution in [0.1, 0.15) is 50.7 Å². The molecule has 8 aromatic rings. The third kappa shape index (κ3) is 9.91. The van der Waals surface area contributed by atoms with E-state index in [2.05, 4.69) is 5.32 Å². The highest BCUT2D eigenvalue weighted by molar-refractivity contribution is 7.89. The predicted molar refractivity (Wildman–Crippen MR) is 280 cm³/mol. The van der Waals surface area contributed by atoms with E-state index >= 15 is 8.42 Å². The molecule has 1 atom stereocenters. The number of fused-ring (bicyclic) bond motifs is 3. The Morgan fingerprint density at radius 2 is 1.08 bits per heavy atom. The highest BCUT2D eigenvalue weighted by Crippen LogP contribution is 2.45. The van der Waals surface area contributed by atoms with Gasteiger partial charge in [-0.3, -0.25) is 0 Å². The van der Waals surface area contributed by atoms with Crippen LogP contribution in [0, 0.1) is 0 Å². The van der Waals surface area contributed by atoms with Gasteiger partial charge < -0.3 is 38.3 Å². The van der Waals surface area contributed by atoms with Crippen LogP contribution < -0.4 is 24.3 Å². The van der Waals surface area contributed by atoms with E-state index in [0.717, 1.165) is 38.9 Å². The van der Waals surface area contributed by atoms with Crippen LogP contribution >= 0.6 is 0 Å². The van der Waals surface area contributed by atoms with Gasteiger partial charge in [-0.25, -0.2) is 23.0 Å². The molecule has 0 saturated heterocycles. The van der Waals surface area contributed by atoms with Crippen LogP contribution in [-0.2, 0) is 49.3 Å². The molecule has 14 nitrogen and oxygen atoms in total. The van der Waals surface area contributed by atoms with Gasteiger partial charge in [0.25, 0.3) is 10.0 Å². The molecule has 0 bridgehead atoms. The number of nitrogens with zero attached hydrogens (tertiary/aromatic N) is 3. The van der Waals surface area contributed by atoms with Crippen molar-refractivity contribution in [1.29, 1.82) is 0 Å². The summed E-state index contributed by atoms with van der Waals surface area (Å²) in [5.74, 6) is 0.902. The summed E-state index contributed by atoms with van der Waals surface area (Å²) in [5, 5.41) is 2.43. The lowest BCUT2D eigenvalue weighted by atomic mass is 9.76. The fourth-order valence-corrected chi connectivity index (χ4v) is 11.3. The number of rotatable bonds is 20. The molecule has 1 N–H and O–H groups in total. The molecule has 74 heavy (non-hydrogen) atoms. The first-order valence-electron chi connectivity index (χ1n) is 23.9. The number of sulfonamides is 1. The summed E-state index contributed by atoms with van der Waals surface area (Å²) in [6.45, 7) is -0.373. The lowest BCUT2D eigenvalue weighted by Crippen LogP contribution is -2.45. The molecule has 7 aromatic carbocycles. The maximum atomic E-state index is 15.9. The molecule has 0 unspecified atom stereocenters. The van der Waals surface area contributed by atoms with E-state index in [1.165, 1.54) is 46.1 Å². The standard InChI is InChI=1S/C59H56N4O10S/c1-68-45-31-29-40(53(33-45)70-3)36-62(37-41-30-32-46(69-2)34-54(41)71-4)74(66,67)56-38-63(59(42-19-9-6-10-20-42,43-21-11-7-12-22-43)44-23-13-8-14-24-44)55(61-56)35-52(57(64)72-5)60-58(65)73-39-51-49-27-17-15-25-47(49)48-26-16-18-28-50(48)51/h6-34,38,51-52H,35-37,39H2,1-5H3,(H,60,65)/t52-/m0/s1. The lowest BCUT2D eigenvalue weighted by molar-refractivity contribution is -0.143. The number of methoxy groups -OCH3 is 5. The number of imidazole rings is 1. The Hall–Kier alpha value is -8.40. The van der Waals surface area contributed by atoms with Crippen molar-refractivity contribution in [3.05, 3.63) is 227 Å². The van der Waals surface area contributed by atoms with E-state index < -0.39 is 33.7 Å². The van der Waals surface area contributed by atoms with Gasteiger partial charge in [0, 0.05) is 54.9 Å². The number of alkyl carbamates (subject to hydrolysis) is 1. The monoisotopic (exact) mass is 1010 g/mol. The molecule has 0 aliphatic heterocycles. The molecule has 15 heteroatoms. The van der Waals surface area contributed by atoms with Gasteiger partial charge in [0.15, 0.2) is 5.03 Å². The molecule has 1 amide bonds. The van der Waals surface area contributed by atoms with Gasteiger partial charge in [0.1, 0.15) is 47.0 Å². The van der Waals surface area contributed by atoms with E-state index in [-0.39, 0.29) is 42.9 Å². The van der Waals surface area contributed by atoms with Crippen molar-refractivity contribution >= 4 is 22.1 Å². The van der Waals surface area contributed by atoms with Gasteiger partial charge in [0.05, 0.1) is 35.5 Å². The molecule has 0 fully saturated rings. The Balaban J connectivity index is 1.19. The summed E-state index contributed by atoms with van der Waals surface area (Å²) < 4.78 is 68.6. The number of carbonyl (C=O) groups excluding carboxylic acids is 2. The Bertz CT molecular complexity index is 3170. The van der Waals surface area contributed by atoms with E-state index in [9.17, 15) is 9.59 Å².